The maximum absolute atomic E-state index is 9.15. The fraction of sp³-hybridized carbons (Fsp3) is 0. The summed E-state index contributed by atoms with van der Waals surface area (Å²) in [6, 6.07) is 24.6. The summed E-state index contributed by atoms with van der Waals surface area (Å²) in [6.07, 6.45) is 0. The Labute approximate surface area is 147 Å². The van der Waals surface area contributed by atoms with Crippen molar-refractivity contribution in [2.45, 2.75) is 0 Å². The van der Waals surface area contributed by atoms with Crippen molar-refractivity contribution in [3.8, 4) is 29.8 Å². The molecule has 0 saturated carbocycles. The highest BCUT2D eigenvalue weighted by atomic mass is 14.5. The summed E-state index contributed by atoms with van der Waals surface area (Å²) in [7, 11) is 0. The maximum atomic E-state index is 9.15. The molecule has 0 aliphatic heterocycles. The zero-order valence-electron chi connectivity index (χ0n) is 13.5. The van der Waals surface area contributed by atoms with Gasteiger partial charge in [-0.05, 0) is 48.5 Å². The second-order valence-electron chi connectivity index (χ2n) is 5.32. The Morgan fingerprint density at radius 3 is 1.52 bits per heavy atom. The Hall–Kier alpha value is -3.93. The molecule has 0 radical (unpaired) electrons. The van der Waals surface area contributed by atoms with Crippen LogP contribution >= 0.6 is 0 Å². The predicted octanol–water partition coefficient (Wildman–Crippen LogP) is 3.94. The lowest BCUT2D eigenvalue weighted by Crippen LogP contribution is -1.86. The van der Waals surface area contributed by atoms with E-state index in [4.69, 9.17) is 11.0 Å². The van der Waals surface area contributed by atoms with E-state index >= 15 is 0 Å². The van der Waals surface area contributed by atoms with Crippen LogP contribution < -0.4 is 5.73 Å². The molecular weight excluding hydrogens is 304 g/mol. The lowest BCUT2D eigenvalue weighted by Gasteiger charge is -1.97. The zero-order valence-corrected chi connectivity index (χ0v) is 13.5. The van der Waals surface area contributed by atoms with E-state index in [0.29, 0.717) is 16.8 Å². The monoisotopic (exact) mass is 318 g/mol. The van der Waals surface area contributed by atoms with Gasteiger partial charge >= 0.3 is 0 Å². The minimum Gasteiger partial charge on any atom is -0.399 e. The highest BCUT2D eigenvalue weighted by Gasteiger charge is 1.98. The lowest BCUT2D eigenvalue weighted by molar-refractivity contribution is 1.47. The van der Waals surface area contributed by atoms with Crippen molar-refractivity contribution in [2.75, 3.05) is 5.73 Å². The van der Waals surface area contributed by atoms with Crippen molar-refractivity contribution in [2.24, 2.45) is 0 Å². The predicted molar refractivity (Wildman–Crippen MR) is 100 cm³/mol. The molecule has 0 aliphatic rings. The standard InChI is InChI=1S/C23H14N2/c24-17-22-8-4-3-7-21(22)14-13-20-6-2-1-5-19(20)12-9-18-10-15-23(25)16-11-18/h1-8,10-11,15-16H,25H2. The van der Waals surface area contributed by atoms with Gasteiger partial charge in [-0.1, -0.05) is 47.9 Å². The van der Waals surface area contributed by atoms with Crippen LogP contribution in [0.25, 0.3) is 0 Å². The molecule has 3 rings (SSSR count). The Balaban J connectivity index is 1.95. The van der Waals surface area contributed by atoms with Gasteiger partial charge in [0, 0.05) is 27.9 Å². The fourth-order valence-electron chi connectivity index (χ4n) is 2.23. The van der Waals surface area contributed by atoms with Crippen molar-refractivity contribution >= 4 is 5.69 Å². The fourth-order valence-corrected chi connectivity index (χ4v) is 2.23. The molecule has 2 nitrogen and oxygen atoms in total. The first-order chi connectivity index (χ1) is 12.3. The Morgan fingerprint density at radius 2 is 1.00 bits per heavy atom. The first kappa shape index (κ1) is 15.9. The minimum absolute atomic E-state index is 0.570. The van der Waals surface area contributed by atoms with E-state index in [0.717, 1.165) is 16.7 Å². The summed E-state index contributed by atoms with van der Waals surface area (Å²) in [5.41, 5.74) is 10.3. The summed E-state index contributed by atoms with van der Waals surface area (Å²) in [5, 5.41) is 9.15. The average molecular weight is 318 g/mol. The summed E-state index contributed by atoms with van der Waals surface area (Å²) < 4.78 is 0. The number of hydrogen-bond donors (Lipinski definition) is 1. The van der Waals surface area contributed by atoms with Crippen LogP contribution in [0.1, 0.15) is 27.8 Å². The number of nitrogens with zero attached hydrogens (tertiary/aromatic N) is 1. The molecular formula is C23H14N2. The van der Waals surface area contributed by atoms with E-state index in [2.05, 4.69) is 29.8 Å². The Bertz CT molecular complexity index is 1060. The van der Waals surface area contributed by atoms with E-state index in [1.54, 1.807) is 6.07 Å². The van der Waals surface area contributed by atoms with Crippen molar-refractivity contribution < 1.29 is 0 Å². The molecule has 3 aromatic rings. The van der Waals surface area contributed by atoms with Gasteiger partial charge in [-0.3, -0.25) is 0 Å². The van der Waals surface area contributed by atoms with Gasteiger partial charge in [0.1, 0.15) is 6.07 Å². The van der Waals surface area contributed by atoms with Gasteiger partial charge in [0.25, 0.3) is 0 Å². The molecule has 0 aliphatic carbocycles. The molecule has 0 spiro atoms. The molecule has 0 amide bonds. The first-order valence-electron chi connectivity index (χ1n) is 7.74. The van der Waals surface area contributed by atoms with Crippen molar-refractivity contribution in [3.05, 3.63) is 101 Å². The first-order valence-corrected chi connectivity index (χ1v) is 7.74. The van der Waals surface area contributed by atoms with Gasteiger partial charge in [-0.15, -0.1) is 0 Å². The van der Waals surface area contributed by atoms with Crippen LogP contribution in [-0.4, -0.2) is 0 Å². The molecule has 0 aromatic heterocycles. The number of anilines is 1. The van der Waals surface area contributed by atoms with Crippen LogP contribution in [0.2, 0.25) is 0 Å². The second kappa shape index (κ2) is 7.56. The molecule has 0 heterocycles. The number of nitriles is 1. The smallest absolute Gasteiger partial charge is 0.100 e. The summed E-state index contributed by atoms with van der Waals surface area (Å²) in [6.45, 7) is 0. The molecule has 2 heteroatoms. The zero-order chi connectivity index (χ0) is 17.5. The summed E-state index contributed by atoms with van der Waals surface area (Å²) >= 11 is 0. The number of nitrogen functional groups attached to an aromatic ring is 1. The molecule has 0 unspecified atom stereocenters. The number of nitrogens with two attached hydrogens (primary N) is 1. The van der Waals surface area contributed by atoms with E-state index in [9.17, 15) is 0 Å². The van der Waals surface area contributed by atoms with Crippen LogP contribution in [0, 0.1) is 35.0 Å². The average Bonchev–Trinajstić information content (AvgIpc) is 2.67. The lowest BCUT2D eigenvalue weighted by atomic mass is 10.1. The van der Waals surface area contributed by atoms with Crippen LogP contribution in [0.3, 0.4) is 0 Å². The Kier molecular flexibility index (Phi) is 4.82. The van der Waals surface area contributed by atoms with Gasteiger partial charge in [0.15, 0.2) is 0 Å². The van der Waals surface area contributed by atoms with Gasteiger partial charge in [-0.25, -0.2) is 0 Å². The molecule has 3 aromatic carbocycles. The van der Waals surface area contributed by atoms with Crippen LogP contribution in [0.15, 0.2) is 72.8 Å². The van der Waals surface area contributed by atoms with Crippen molar-refractivity contribution in [1.82, 2.24) is 0 Å². The second-order valence-corrected chi connectivity index (χ2v) is 5.32. The third-order valence-electron chi connectivity index (χ3n) is 3.56. The van der Waals surface area contributed by atoms with E-state index < -0.39 is 0 Å². The summed E-state index contributed by atoms with van der Waals surface area (Å²) in [4.78, 5) is 0. The summed E-state index contributed by atoms with van der Waals surface area (Å²) in [5.74, 6) is 12.5. The molecule has 0 fully saturated rings. The topological polar surface area (TPSA) is 49.8 Å². The molecule has 0 saturated heterocycles. The highest BCUT2D eigenvalue weighted by Crippen LogP contribution is 2.10. The third kappa shape index (κ3) is 4.08. The van der Waals surface area contributed by atoms with Crippen LogP contribution in [0.4, 0.5) is 5.69 Å². The quantitative estimate of drug-likeness (QED) is 0.504. The molecule has 2 N–H and O–H groups in total. The minimum atomic E-state index is 0.570. The molecule has 0 atom stereocenters. The third-order valence-corrected chi connectivity index (χ3v) is 3.56. The molecule has 116 valence electrons. The van der Waals surface area contributed by atoms with E-state index in [-0.39, 0.29) is 0 Å². The van der Waals surface area contributed by atoms with Gasteiger partial charge < -0.3 is 5.73 Å². The number of benzene rings is 3. The normalized spacial score (nSPS) is 9.08. The van der Waals surface area contributed by atoms with Gasteiger partial charge in [0.2, 0.25) is 0 Å². The van der Waals surface area contributed by atoms with Crippen LogP contribution in [-0.2, 0) is 0 Å². The number of rotatable bonds is 0. The van der Waals surface area contributed by atoms with Gasteiger partial charge in [-0.2, -0.15) is 5.26 Å². The molecule has 0 bridgehead atoms. The SMILES string of the molecule is N#Cc1ccccc1C#Cc1ccccc1C#Cc1ccc(N)cc1. The largest absolute Gasteiger partial charge is 0.399 e. The Morgan fingerprint density at radius 1 is 0.560 bits per heavy atom. The van der Waals surface area contributed by atoms with Crippen LogP contribution in [0.5, 0.6) is 0 Å². The van der Waals surface area contributed by atoms with Crippen molar-refractivity contribution in [3.63, 3.8) is 0 Å². The van der Waals surface area contributed by atoms with Gasteiger partial charge in [0.05, 0.1) is 5.56 Å². The number of hydrogen-bond acceptors (Lipinski definition) is 2. The molecule has 25 heavy (non-hydrogen) atoms. The maximum Gasteiger partial charge on any atom is 0.100 e. The van der Waals surface area contributed by atoms with Crippen molar-refractivity contribution in [1.29, 1.82) is 5.26 Å². The van der Waals surface area contributed by atoms with E-state index in [1.807, 2.05) is 66.7 Å². The highest BCUT2D eigenvalue weighted by molar-refractivity contribution is 5.56. The van der Waals surface area contributed by atoms with E-state index in [1.165, 1.54) is 0 Å².